The summed E-state index contributed by atoms with van der Waals surface area (Å²) in [6.45, 7) is 1.87. The molecule has 0 saturated heterocycles. The number of ketones is 1. The average molecular weight is 357 g/mol. The molecule has 2 aromatic rings. The van der Waals surface area contributed by atoms with Crippen LogP contribution in [-0.2, 0) is 0 Å². The van der Waals surface area contributed by atoms with Crippen molar-refractivity contribution in [3.63, 3.8) is 0 Å². The number of aromatic nitrogens is 1. The van der Waals surface area contributed by atoms with Crippen LogP contribution in [0, 0.1) is 0 Å². The van der Waals surface area contributed by atoms with E-state index >= 15 is 0 Å². The molecule has 1 aromatic heterocycles. The van der Waals surface area contributed by atoms with Gasteiger partial charge in [0.2, 0.25) is 0 Å². The number of hydrogen-bond acceptors (Lipinski definition) is 3. The van der Waals surface area contributed by atoms with Crippen molar-refractivity contribution in [1.82, 2.24) is 4.98 Å². The first kappa shape index (κ1) is 14.6. The van der Waals surface area contributed by atoms with E-state index in [2.05, 4.69) is 20.9 Å². The van der Waals surface area contributed by atoms with E-state index in [4.69, 9.17) is 11.6 Å². The quantitative estimate of drug-likeness (QED) is 0.579. The van der Waals surface area contributed by atoms with Crippen molar-refractivity contribution in [2.24, 2.45) is 0 Å². The fraction of sp³-hybridized carbons (Fsp3) is 0.143. The molecule has 0 aliphatic heterocycles. The molecule has 98 valence electrons. The van der Waals surface area contributed by atoms with E-state index < -0.39 is 0 Å². The smallest absolute Gasteiger partial charge is 0.175 e. The molecule has 1 aromatic carbocycles. The number of pyridine rings is 1. The zero-order chi connectivity index (χ0) is 13.8. The van der Waals surface area contributed by atoms with Gasteiger partial charge in [-0.2, -0.15) is 0 Å². The van der Waals surface area contributed by atoms with Crippen LogP contribution >= 0.6 is 39.3 Å². The summed E-state index contributed by atoms with van der Waals surface area (Å²) < 4.78 is 0.922. The van der Waals surface area contributed by atoms with Gasteiger partial charge in [0.15, 0.2) is 5.78 Å². The Balaban J connectivity index is 2.09. The number of thioether (sulfide) groups is 1. The highest BCUT2D eigenvalue weighted by atomic mass is 79.9. The molecular formula is C14H11BrClNOS. The van der Waals surface area contributed by atoms with Crippen molar-refractivity contribution in [3.05, 3.63) is 57.7 Å². The van der Waals surface area contributed by atoms with Gasteiger partial charge in [0.25, 0.3) is 0 Å². The zero-order valence-corrected chi connectivity index (χ0v) is 13.3. The van der Waals surface area contributed by atoms with Gasteiger partial charge in [-0.1, -0.05) is 35.5 Å². The molecule has 5 heteroatoms. The van der Waals surface area contributed by atoms with Crippen molar-refractivity contribution in [2.45, 2.75) is 17.2 Å². The first-order valence-corrected chi connectivity index (χ1v) is 7.69. The minimum atomic E-state index is -0.202. The molecule has 0 aliphatic carbocycles. The normalized spacial score (nSPS) is 12.2. The molecule has 1 heterocycles. The highest BCUT2D eigenvalue weighted by Crippen LogP contribution is 2.25. The Labute approximate surface area is 129 Å². The first-order chi connectivity index (χ1) is 9.06. The third-order valence-electron chi connectivity index (χ3n) is 2.48. The van der Waals surface area contributed by atoms with Crippen LogP contribution in [-0.4, -0.2) is 16.0 Å². The van der Waals surface area contributed by atoms with Gasteiger partial charge in [0.05, 0.1) is 10.3 Å². The van der Waals surface area contributed by atoms with E-state index in [-0.39, 0.29) is 11.0 Å². The molecule has 1 atom stereocenters. The molecule has 0 fully saturated rings. The standard InChI is InChI=1S/C14H11BrClNOS/c1-9(19-13-6-5-11(15)8-17-13)14(18)10-3-2-4-12(16)7-10/h2-9H,1H3. The fourth-order valence-corrected chi connectivity index (χ4v) is 2.83. The van der Waals surface area contributed by atoms with Crippen LogP contribution in [0.2, 0.25) is 5.02 Å². The number of carbonyl (C=O) groups is 1. The van der Waals surface area contributed by atoms with E-state index in [9.17, 15) is 4.79 Å². The third-order valence-corrected chi connectivity index (χ3v) is 4.23. The molecule has 0 spiro atoms. The van der Waals surface area contributed by atoms with E-state index in [0.29, 0.717) is 10.6 Å². The Morgan fingerprint density at radius 3 is 2.79 bits per heavy atom. The summed E-state index contributed by atoms with van der Waals surface area (Å²) >= 11 is 10.7. The number of hydrogen-bond donors (Lipinski definition) is 0. The number of benzene rings is 1. The summed E-state index contributed by atoms with van der Waals surface area (Å²) in [5.41, 5.74) is 0.629. The number of Topliss-reactive ketones (excluding diaryl/α,β-unsaturated/α-hetero) is 1. The molecule has 0 saturated carbocycles. The van der Waals surface area contributed by atoms with E-state index in [1.807, 2.05) is 19.1 Å². The predicted octanol–water partition coefficient (Wildman–Crippen LogP) is 4.86. The second-order valence-corrected chi connectivity index (χ2v) is 6.66. The number of carbonyl (C=O) groups excluding carboxylic acids is 1. The van der Waals surface area contributed by atoms with Crippen molar-refractivity contribution >= 4 is 45.1 Å². The maximum absolute atomic E-state index is 12.3. The second kappa shape index (κ2) is 6.55. The molecule has 0 amide bonds. The third kappa shape index (κ3) is 4.06. The van der Waals surface area contributed by atoms with E-state index in [0.717, 1.165) is 9.50 Å². The Morgan fingerprint density at radius 2 is 2.16 bits per heavy atom. The minimum Gasteiger partial charge on any atom is -0.293 e. The molecule has 0 bridgehead atoms. The van der Waals surface area contributed by atoms with Crippen LogP contribution in [0.1, 0.15) is 17.3 Å². The summed E-state index contributed by atoms with van der Waals surface area (Å²) in [4.78, 5) is 16.5. The number of halogens is 2. The summed E-state index contributed by atoms with van der Waals surface area (Å²) in [7, 11) is 0. The molecule has 0 aliphatic rings. The summed E-state index contributed by atoms with van der Waals surface area (Å²) in [6, 6.07) is 10.8. The highest BCUT2D eigenvalue weighted by Gasteiger charge is 2.17. The molecule has 2 rings (SSSR count). The van der Waals surface area contributed by atoms with Gasteiger partial charge < -0.3 is 0 Å². The monoisotopic (exact) mass is 355 g/mol. The molecule has 0 N–H and O–H groups in total. The molecular weight excluding hydrogens is 346 g/mol. The maximum atomic E-state index is 12.3. The number of nitrogens with zero attached hydrogens (tertiary/aromatic N) is 1. The van der Waals surface area contributed by atoms with Crippen LogP contribution in [0.4, 0.5) is 0 Å². The second-order valence-electron chi connectivity index (χ2n) is 3.95. The molecule has 2 nitrogen and oxygen atoms in total. The van der Waals surface area contributed by atoms with Gasteiger partial charge in [-0.25, -0.2) is 4.98 Å². The fourth-order valence-electron chi connectivity index (χ4n) is 1.54. The highest BCUT2D eigenvalue weighted by molar-refractivity contribution is 9.10. The van der Waals surface area contributed by atoms with Crippen molar-refractivity contribution in [2.75, 3.05) is 0 Å². The lowest BCUT2D eigenvalue weighted by Gasteiger charge is -2.09. The van der Waals surface area contributed by atoms with Crippen molar-refractivity contribution < 1.29 is 4.79 Å². The summed E-state index contributed by atoms with van der Waals surface area (Å²) in [5.74, 6) is 0.0530. The van der Waals surface area contributed by atoms with Crippen LogP contribution in [0.5, 0.6) is 0 Å². The summed E-state index contributed by atoms with van der Waals surface area (Å²) in [6.07, 6.45) is 1.72. The van der Waals surface area contributed by atoms with E-state index in [1.54, 1.807) is 30.5 Å². The first-order valence-electron chi connectivity index (χ1n) is 5.64. The lowest BCUT2D eigenvalue weighted by Crippen LogP contribution is -2.13. The average Bonchev–Trinajstić information content (AvgIpc) is 2.40. The van der Waals surface area contributed by atoms with Crippen molar-refractivity contribution in [1.29, 1.82) is 0 Å². The minimum absolute atomic E-state index is 0.0530. The topological polar surface area (TPSA) is 30.0 Å². The maximum Gasteiger partial charge on any atom is 0.175 e. The van der Waals surface area contributed by atoms with Crippen LogP contribution < -0.4 is 0 Å². The van der Waals surface area contributed by atoms with Gasteiger partial charge in [-0.15, -0.1) is 0 Å². The summed E-state index contributed by atoms with van der Waals surface area (Å²) in [5, 5.41) is 1.20. The SMILES string of the molecule is CC(Sc1ccc(Br)cn1)C(=O)c1cccc(Cl)c1. The number of rotatable bonds is 4. The lowest BCUT2D eigenvalue weighted by atomic mass is 10.1. The molecule has 0 radical (unpaired) electrons. The molecule has 19 heavy (non-hydrogen) atoms. The van der Waals surface area contributed by atoms with Crippen LogP contribution in [0.3, 0.4) is 0 Å². The Kier molecular flexibility index (Phi) is 5.02. The Morgan fingerprint density at radius 1 is 1.37 bits per heavy atom. The van der Waals surface area contributed by atoms with Gasteiger partial charge in [-0.05, 0) is 47.1 Å². The van der Waals surface area contributed by atoms with Gasteiger partial charge in [0, 0.05) is 21.3 Å². The van der Waals surface area contributed by atoms with Crippen LogP contribution in [0.25, 0.3) is 0 Å². The van der Waals surface area contributed by atoms with Gasteiger partial charge in [0.1, 0.15) is 0 Å². The van der Waals surface area contributed by atoms with Gasteiger partial charge >= 0.3 is 0 Å². The van der Waals surface area contributed by atoms with Crippen LogP contribution in [0.15, 0.2) is 52.1 Å². The predicted molar refractivity (Wildman–Crippen MR) is 83.0 cm³/mol. The zero-order valence-electron chi connectivity index (χ0n) is 10.1. The lowest BCUT2D eigenvalue weighted by molar-refractivity contribution is 0.0994. The Bertz CT molecular complexity index is 588. The molecule has 1 unspecified atom stereocenters. The van der Waals surface area contributed by atoms with Gasteiger partial charge in [-0.3, -0.25) is 4.79 Å². The van der Waals surface area contributed by atoms with Crippen molar-refractivity contribution in [3.8, 4) is 0 Å². The Hall–Kier alpha value is -0.840. The van der Waals surface area contributed by atoms with E-state index in [1.165, 1.54) is 11.8 Å². The largest absolute Gasteiger partial charge is 0.293 e.